The first-order valence-electron chi connectivity index (χ1n) is 14.2. The van der Waals surface area contributed by atoms with E-state index < -0.39 is 68.1 Å². The fourth-order valence-corrected chi connectivity index (χ4v) is 8.00. The lowest BCUT2D eigenvalue weighted by Crippen LogP contribution is -2.67. The number of phenolic OH excluding ortho intramolecular Hbond substituents is 1. The van der Waals surface area contributed by atoms with Gasteiger partial charge in [-0.1, -0.05) is 61.5 Å². The van der Waals surface area contributed by atoms with Crippen molar-refractivity contribution in [3.63, 3.8) is 0 Å². The van der Waals surface area contributed by atoms with Gasteiger partial charge in [-0.05, 0) is 49.1 Å². The maximum Gasteiger partial charge on any atom is 0.209 e. The van der Waals surface area contributed by atoms with Crippen molar-refractivity contribution < 1.29 is 39.6 Å². The first-order valence-corrected chi connectivity index (χ1v) is 14.2. The average Bonchev–Trinajstić information content (AvgIpc) is 2.79. The number of Topliss-reactive ketones (excluding diaryl/α,β-unsaturated/α-hetero) is 4. The lowest BCUT2D eigenvalue weighted by Gasteiger charge is -2.59. The number of benzene rings is 1. The molecule has 0 aromatic heterocycles. The Morgan fingerprint density at radius 3 is 2.05 bits per heavy atom. The Bertz CT molecular complexity index is 1490. The van der Waals surface area contributed by atoms with Crippen molar-refractivity contribution in [2.75, 3.05) is 0 Å². The van der Waals surface area contributed by atoms with Gasteiger partial charge in [0.15, 0.2) is 17.2 Å². The molecule has 1 aromatic carbocycles. The summed E-state index contributed by atoms with van der Waals surface area (Å²) in [4.78, 5) is 53.4. The largest absolute Gasteiger partial charge is 0.511 e. The fraction of sp³-hybridized carbons (Fsp3) is 0.576. The van der Waals surface area contributed by atoms with Crippen molar-refractivity contribution in [2.24, 2.45) is 22.7 Å². The lowest BCUT2D eigenvalue weighted by atomic mass is 9.44. The Morgan fingerprint density at radius 2 is 1.59 bits per heavy atom. The van der Waals surface area contributed by atoms with Crippen LogP contribution in [0, 0.1) is 22.7 Å². The predicted molar refractivity (Wildman–Crippen MR) is 153 cm³/mol. The summed E-state index contributed by atoms with van der Waals surface area (Å²) in [6.07, 6.45) is 0.133. The molecule has 8 heteroatoms. The van der Waals surface area contributed by atoms with Crippen molar-refractivity contribution in [3.05, 3.63) is 51.0 Å². The number of rotatable bonds is 4. The van der Waals surface area contributed by atoms with E-state index in [-0.39, 0.29) is 41.4 Å². The van der Waals surface area contributed by atoms with Crippen molar-refractivity contribution in [2.45, 2.75) is 99.0 Å². The number of fused-ring (bicyclic) bond motifs is 3. The zero-order valence-electron chi connectivity index (χ0n) is 25.6. The fourth-order valence-electron chi connectivity index (χ4n) is 8.00. The van der Waals surface area contributed by atoms with Gasteiger partial charge >= 0.3 is 0 Å². The molecule has 0 aliphatic heterocycles. The topological polar surface area (TPSA) is 149 Å². The van der Waals surface area contributed by atoms with Crippen LogP contribution in [0.2, 0.25) is 0 Å². The molecule has 4 N–H and O–H groups in total. The molecule has 0 bridgehead atoms. The van der Waals surface area contributed by atoms with Crippen LogP contribution in [0.3, 0.4) is 0 Å². The van der Waals surface area contributed by atoms with Crippen molar-refractivity contribution in [3.8, 4) is 5.75 Å². The third-order valence-electron chi connectivity index (χ3n) is 9.93. The summed E-state index contributed by atoms with van der Waals surface area (Å²) < 4.78 is 0. The van der Waals surface area contributed by atoms with Crippen LogP contribution in [0.4, 0.5) is 0 Å². The summed E-state index contributed by atoms with van der Waals surface area (Å²) in [6, 6.07) is 1.78. The Kier molecular flexibility index (Phi) is 6.83. The minimum absolute atomic E-state index is 0.000577. The van der Waals surface area contributed by atoms with Crippen LogP contribution in [0.15, 0.2) is 28.7 Å². The number of aliphatic hydroxyl groups is 3. The molecule has 0 saturated carbocycles. The first-order chi connectivity index (χ1) is 18.6. The van der Waals surface area contributed by atoms with Crippen LogP contribution in [-0.4, -0.2) is 49.2 Å². The molecule has 0 spiro atoms. The summed E-state index contributed by atoms with van der Waals surface area (Å²) >= 11 is 0. The zero-order chi connectivity index (χ0) is 31.4. The third kappa shape index (κ3) is 3.89. The molecule has 1 aromatic rings. The molecule has 8 nitrogen and oxygen atoms in total. The molecule has 0 fully saturated rings. The van der Waals surface area contributed by atoms with Crippen LogP contribution in [0.1, 0.15) is 109 Å². The maximum absolute atomic E-state index is 14.4. The summed E-state index contributed by atoms with van der Waals surface area (Å²) in [7, 11) is 0. The molecular formula is C33H42O8. The third-order valence-corrected chi connectivity index (χ3v) is 9.93. The Balaban J connectivity index is 2.13. The van der Waals surface area contributed by atoms with E-state index in [1.807, 2.05) is 20.8 Å². The predicted octanol–water partition coefficient (Wildman–Crippen LogP) is 5.34. The van der Waals surface area contributed by atoms with E-state index in [4.69, 9.17) is 0 Å². The highest BCUT2D eigenvalue weighted by molar-refractivity contribution is 6.25. The van der Waals surface area contributed by atoms with E-state index in [0.717, 1.165) is 6.92 Å². The molecule has 2 unspecified atom stereocenters. The van der Waals surface area contributed by atoms with Crippen LogP contribution in [0.25, 0.3) is 0 Å². The molecule has 3 aliphatic rings. The number of phenols is 1. The molecule has 4 rings (SSSR count). The summed E-state index contributed by atoms with van der Waals surface area (Å²) in [6.45, 7) is 16.9. The second-order valence-electron chi connectivity index (χ2n) is 14.3. The molecule has 0 amide bonds. The number of aliphatic hydroxyl groups excluding tert-OH is 2. The van der Waals surface area contributed by atoms with Gasteiger partial charge in [0.05, 0.1) is 5.56 Å². The van der Waals surface area contributed by atoms with E-state index in [1.165, 1.54) is 6.92 Å². The Hall–Kier alpha value is -3.26. The van der Waals surface area contributed by atoms with Gasteiger partial charge in [0.2, 0.25) is 5.78 Å². The van der Waals surface area contributed by atoms with Crippen LogP contribution in [-0.2, 0) is 26.2 Å². The van der Waals surface area contributed by atoms with E-state index in [0.29, 0.717) is 16.7 Å². The number of hydrogen-bond donors (Lipinski definition) is 4. The van der Waals surface area contributed by atoms with Gasteiger partial charge in [0.25, 0.3) is 0 Å². The summed E-state index contributed by atoms with van der Waals surface area (Å²) in [5, 5.41) is 46.8. The number of allylic oxidation sites excluding steroid dienone is 2. The van der Waals surface area contributed by atoms with Crippen molar-refractivity contribution in [1.29, 1.82) is 0 Å². The van der Waals surface area contributed by atoms with E-state index in [1.54, 1.807) is 40.7 Å². The van der Waals surface area contributed by atoms with Gasteiger partial charge in [0.1, 0.15) is 28.6 Å². The molecule has 0 saturated heterocycles. The number of carbonyl (C=O) groups is 4. The Labute approximate surface area is 241 Å². The highest BCUT2D eigenvalue weighted by Crippen LogP contribution is 2.65. The summed E-state index contributed by atoms with van der Waals surface area (Å²) in [5.41, 5.74) is -5.20. The van der Waals surface area contributed by atoms with Gasteiger partial charge in [-0.2, -0.15) is 0 Å². The first kappa shape index (κ1) is 30.7. The minimum atomic E-state index is -2.66. The summed E-state index contributed by atoms with van der Waals surface area (Å²) in [5.74, 6) is -6.13. The molecule has 5 atom stereocenters. The molecule has 222 valence electrons. The average molecular weight is 567 g/mol. The van der Waals surface area contributed by atoms with E-state index in [2.05, 4.69) is 0 Å². The highest BCUT2D eigenvalue weighted by Gasteiger charge is 2.71. The zero-order valence-corrected chi connectivity index (χ0v) is 25.6. The molecule has 0 heterocycles. The number of carbonyl (C=O) groups excluding carboxylic acids is 4. The smallest absolute Gasteiger partial charge is 0.209 e. The Morgan fingerprint density at radius 1 is 1.02 bits per heavy atom. The number of aromatic hydroxyl groups is 1. The van der Waals surface area contributed by atoms with Crippen LogP contribution in [0.5, 0.6) is 5.75 Å². The lowest BCUT2D eigenvalue weighted by molar-refractivity contribution is -0.171. The number of hydrogen-bond acceptors (Lipinski definition) is 8. The molecular weight excluding hydrogens is 524 g/mol. The normalized spacial score (nSPS) is 30.7. The second kappa shape index (κ2) is 9.12. The van der Waals surface area contributed by atoms with E-state index >= 15 is 0 Å². The van der Waals surface area contributed by atoms with Gasteiger partial charge in [0, 0.05) is 33.8 Å². The van der Waals surface area contributed by atoms with Crippen LogP contribution >= 0.6 is 0 Å². The monoisotopic (exact) mass is 566 g/mol. The standard InChI is InChI=1S/C33H42O8/c1-14(2)23-26(37)21(17(5)35)28(39)33(41)29(40)24-27(38)22-19(12-31(24,9)13-32(23,33)10)18(15(3)16(4)34)11-20(25(22)36)30(6,7)8/h11,14-15,23,36-37,40-41H,12-13H2,1-10H3/t15?,23?,31-,32-,33+/m1/s1. The molecule has 41 heavy (non-hydrogen) atoms. The van der Waals surface area contributed by atoms with Gasteiger partial charge in [-0.15, -0.1) is 0 Å². The van der Waals surface area contributed by atoms with Gasteiger partial charge in [-0.25, -0.2) is 0 Å². The maximum atomic E-state index is 14.4. The van der Waals surface area contributed by atoms with Crippen molar-refractivity contribution >= 4 is 23.1 Å². The minimum Gasteiger partial charge on any atom is -0.511 e. The molecule has 3 aliphatic carbocycles. The second-order valence-corrected chi connectivity index (χ2v) is 14.3. The molecule has 0 radical (unpaired) electrons. The van der Waals surface area contributed by atoms with Gasteiger partial charge in [-0.3, -0.25) is 19.2 Å². The van der Waals surface area contributed by atoms with E-state index in [9.17, 15) is 39.6 Å². The van der Waals surface area contributed by atoms with Crippen LogP contribution < -0.4 is 0 Å². The SMILES string of the molecule is CC(=O)C1=C(O)C(C(C)C)[C@@]2(C)C[C@@]3(C)Cc4c(C(C)C(C)=O)cc(C(C)(C)C)c(O)c4C(=O)C3=C(O)[C@@]2(O)C1=O. The van der Waals surface area contributed by atoms with Crippen molar-refractivity contribution in [1.82, 2.24) is 0 Å². The van der Waals surface area contributed by atoms with Gasteiger partial charge < -0.3 is 20.4 Å². The quantitative estimate of drug-likeness (QED) is 0.357. The highest BCUT2D eigenvalue weighted by atomic mass is 16.3. The number of ketones is 4.